The first kappa shape index (κ1) is 15.0. The van der Waals surface area contributed by atoms with Crippen LogP contribution in [0.25, 0.3) is 11.0 Å². The van der Waals surface area contributed by atoms with Gasteiger partial charge in [-0.1, -0.05) is 24.3 Å². The van der Waals surface area contributed by atoms with Crippen molar-refractivity contribution < 1.29 is 4.79 Å². The molecule has 0 saturated carbocycles. The molecule has 1 amide bonds. The number of nitrogens with one attached hydrogen (secondary N) is 1. The maximum absolute atomic E-state index is 12.2. The maximum Gasteiger partial charge on any atom is 0.251 e. The number of nitrogens with zero attached hydrogens (tertiary/aromatic N) is 3. The first-order valence-electron chi connectivity index (χ1n) is 7.42. The number of benzene rings is 1. The molecule has 23 heavy (non-hydrogen) atoms. The molecule has 0 unspecified atom stereocenters. The third-order valence-electron chi connectivity index (χ3n) is 3.51. The minimum absolute atomic E-state index is 0.138. The summed E-state index contributed by atoms with van der Waals surface area (Å²) in [6, 6.07) is 11.3. The van der Waals surface area contributed by atoms with Gasteiger partial charge >= 0.3 is 0 Å². The molecule has 1 aromatic carbocycles. The minimum atomic E-state index is -0.138. The fourth-order valence-corrected chi connectivity index (χ4v) is 2.47. The summed E-state index contributed by atoms with van der Waals surface area (Å²) in [6.07, 6.45) is 3.20. The molecule has 0 bridgehead atoms. The van der Waals surface area contributed by atoms with E-state index >= 15 is 0 Å². The molecule has 0 fully saturated rings. The van der Waals surface area contributed by atoms with Gasteiger partial charge in [-0.25, -0.2) is 4.98 Å². The predicted octanol–water partition coefficient (Wildman–Crippen LogP) is 2.94. The molecule has 2 aromatic heterocycles. The van der Waals surface area contributed by atoms with Gasteiger partial charge in [-0.3, -0.25) is 9.78 Å². The van der Waals surface area contributed by atoms with Crippen molar-refractivity contribution in [2.45, 2.75) is 20.0 Å². The summed E-state index contributed by atoms with van der Waals surface area (Å²) >= 11 is 0. The summed E-state index contributed by atoms with van der Waals surface area (Å²) in [5, 5.41) is 2.91. The molecule has 0 aliphatic heterocycles. The third kappa shape index (κ3) is 3.29. The Balaban J connectivity index is 1.84. The van der Waals surface area contributed by atoms with Gasteiger partial charge in [0, 0.05) is 24.5 Å². The number of hydrogen-bond acceptors (Lipinski definition) is 3. The highest BCUT2D eigenvalue weighted by Crippen LogP contribution is 2.17. The molecular weight excluding hydrogens is 288 g/mol. The summed E-state index contributed by atoms with van der Waals surface area (Å²) in [7, 11) is 0. The number of fused-ring (bicyclic) bond motifs is 1. The Kier molecular flexibility index (Phi) is 4.19. The number of carbonyl (C=O) groups is 1. The number of allylic oxidation sites excluding steroid dienone is 1. The molecule has 0 aliphatic carbocycles. The predicted molar refractivity (Wildman–Crippen MR) is 90.0 cm³/mol. The maximum atomic E-state index is 12.2. The van der Waals surface area contributed by atoms with Crippen LogP contribution in [-0.4, -0.2) is 20.4 Å². The number of para-hydroxylation sites is 2. The lowest BCUT2D eigenvalue weighted by atomic mass is 10.2. The van der Waals surface area contributed by atoms with Crippen LogP contribution in [0.15, 0.2) is 60.9 Å². The quantitative estimate of drug-likeness (QED) is 0.737. The molecule has 116 valence electrons. The molecule has 0 radical (unpaired) electrons. The number of rotatable bonds is 5. The van der Waals surface area contributed by atoms with Gasteiger partial charge in [-0.15, -0.1) is 0 Å². The van der Waals surface area contributed by atoms with E-state index in [2.05, 4.69) is 26.4 Å². The Hall–Kier alpha value is -2.95. The number of imidazole rings is 1. The zero-order chi connectivity index (χ0) is 16.2. The second-order valence-corrected chi connectivity index (χ2v) is 5.48. The molecule has 0 atom stereocenters. The average Bonchev–Trinajstić information content (AvgIpc) is 2.91. The van der Waals surface area contributed by atoms with E-state index in [1.165, 1.54) is 0 Å². The van der Waals surface area contributed by atoms with Crippen LogP contribution in [0.2, 0.25) is 0 Å². The normalized spacial score (nSPS) is 10.7. The molecule has 0 saturated heterocycles. The zero-order valence-electron chi connectivity index (χ0n) is 13.0. The highest BCUT2D eigenvalue weighted by Gasteiger charge is 2.12. The zero-order valence-corrected chi connectivity index (χ0v) is 13.0. The highest BCUT2D eigenvalue weighted by atomic mass is 16.1. The van der Waals surface area contributed by atoms with Crippen molar-refractivity contribution in [1.82, 2.24) is 19.9 Å². The minimum Gasteiger partial charge on any atom is -0.345 e. The van der Waals surface area contributed by atoms with E-state index in [9.17, 15) is 4.79 Å². The van der Waals surface area contributed by atoms with E-state index in [1.54, 1.807) is 24.5 Å². The number of carbonyl (C=O) groups excluding carboxylic acids is 1. The van der Waals surface area contributed by atoms with Gasteiger partial charge in [0.2, 0.25) is 0 Å². The number of amides is 1. The van der Waals surface area contributed by atoms with Gasteiger partial charge in [0.25, 0.3) is 5.91 Å². The van der Waals surface area contributed by atoms with Crippen LogP contribution in [0.3, 0.4) is 0 Å². The monoisotopic (exact) mass is 306 g/mol. The van der Waals surface area contributed by atoms with Crippen LogP contribution in [0.4, 0.5) is 0 Å². The Morgan fingerprint density at radius 3 is 2.70 bits per heavy atom. The van der Waals surface area contributed by atoms with E-state index < -0.39 is 0 Å². The summed E-state index contributed by atoms with van der Waals surface area (Å²) < 4.78 is 2.09. The Morgan fingerprint density at radius 2 is 1.96 bits per heavy atom. The van der Waals surface area contributed by atoms with Crippen molar-refractivity contribution >= 4 is 16.9 Å². The Bertz CT molecular complexity index is 852. The van der Waals surface area contributed by atoms with Gasteiger partial charge < -0.3 is 9.88 Å². The standard InChI is InChI=1S/C18H18N4O/c1-13(2)12-22-16-6-4-3-5-15(16)21-17(22)11-20-18(23)14-7-9-19-10-8-14/h3-10H,1,11-12H2,2H3,(H,20,23). The van der Waals surface area contributed by atoms with E-state index in [0.29, 0.717) is 18.7 Å². The van der Waals surface area contributed by atoms with E-state index in [1.807, 2.05) is 31.2 Å². The molecule has 2 heterocycles. The van der Waals surface area contributed by atoms with Crippen molar-refractivity contribution in [3.63, 3.8) is 0 Å². The Morgan fingerprint density at radius 1 is 1.22 bits per heavy atom. The topological polar surface area (TPSA) is 59.8 Å². The van der Waals surface area contributed by atoms with Crippen molar-refractivity contribution in [1.29, 1.82) is 0 Å². The second-order valence-electron chi connectivity index (χ2n) is 5.48. The molecule has 3 rings (SSSR count). The van der Waals surface area contributed by atoms with Crippen molar-refractivity contribution in [2.75, 3.05) is 0 Å². The molecular formula is C18H18N4O. The van der Waals surface area contributed by atoms with Gasteiger partial charge in [0.15, 0.2) is 0 Å². The molecule has 0 spiro atoms. The SMILES string of the molecule is C=C(C)Cn1c(CNC(=O)c2ccncc2)nc2ccccc21. The van der Waals surface area contributed by atoms with Crippen molar-refractivity contribution in [3.8, 4) is 0 Å². The first-order valence-corrected chi connectivity index (χ1v) is 7.42. The fraction of sp³-hybridized carbons (Fsp3) is 0.167. The molecule has 0 aliphatic rings. The summed E-state index contributed by atoms with van der Waals surface area (Å²) in [5.41, 5.74) is 3.59. The second kappa shape index (κ2) is 6.44. The summed E-state index contributed by atoms with van der Waals surface area (Å²) in [4.78, 5) is 20.7. The van der Waals surface area contributed by atoms with E-state index in [-0.39, 0.29) is 5.91 Å². The van der Waals surface area contributed by atoms with Crippen LogP contribution in [0, 0.1) is 0 Å². The van der Waals surface area contributed by atoms with Crippen LogP contribution in [-0.2, 0) is 13.1 Å². The van der Waals surface area contributed by atoms with Gasteiger partial charge in [-0.2, -0.15) is 0 Å². The fourth-order valence-electron chi connectivity index (χ4n) is 2.47. The first-order chi connectivity index (χ1) is 11.1. The molecule has 5 nitrogen and oxygen atoms in total. The Labute approximate surface area is 134 Å². The van der Waals surface area contributed by atoms with Gasteiger partial charge in [-0.05, 0) is 31.2 Å². The molecule has 3 aromatic rings. The number of pyridine rings is 1. The highest BCUT2D eigenvalue weighted by molar-refractivity contribution is 5.93. The summed E-state index contributed by atoms with van der Waals surface area (Å²) in [5.74, 6) is 0.679. The lowest BCUT2D eigenvalue weighted by Crippen LogP contribution is -2.24. The van der Waals surface area contributed by atoms with Crippen molar-refractivity contribution in [3.05, 3.63) is 72.3 Å². The average molecular weight is 306 g/mol. The number of hydrogen-bond donors (Lipinski definition) is 1. The lowest BCUT2D eigenvalue weighted by Gasteiger charge is -2.10. The number of aromatic nitrogens is 3. The van der Waals surface area contributed by atoms with Crippen LogP contribution in [0.5, 0.6) is 0 Å². The lowest BCUT2D eigenvalue weighted by molar-refractivity contribution is 0.0949. The van der Waals surface area contributed by atoms with Crippen molar-refractivity contribution in [2.24, 2.45) is 0 Å². The van der Waals surface area contributed by atoms with Crippen LogP contribution >= 0.6 is 0 Å². The van der Waals surface area contributed by atoms with Crippen LogP contribution in [0.1, 0.15) is 23.1 Å². The molecule has 1 N–H and O–H groups in total. The molecule has 5 heteroatoms. The smallest absolute Gasteiger partial charge is 0.251 e. The van der Waals surface area contributed by atoms with Gasteiger partial charge in [0.05, 0.1) is 17.6 Å². The van der Waals surface area contributed by atoms with Crippen LogP contribution < -0.4 is 5.32 Å². The third-order valence-corrected chi connectivity index (χ3v) is 3.51. The van der Waals surface area contributed by atoms with E-state index in [4.69, 9.17) is 0 Å². The summed E-state index contributed by atoms with van der Waals surface area (Å²) in [6.45, 7) is 7.00. The largest absolute Gasteiger partial charge is 0.345 e. The van der Waals surface area contributed by atoms with Gasteiger partial charge in [0.1, 0.15) is 5.82 Å². The van der Waals surface area contributed by atoms with E-state index in [0.717, 1.165) is 22.4 Å².